The van der Waals surface area contributed by atoms with Crippen molar-refractivity contribution in [2.75, 3.05) is 6.61 Å². The highest BCUT2D eigenvalue weighted by Gasteiger charge is 2.03. The van der Waals surface area contributed by atoms with Crippen molar-refractivity contribution in [2.45, 2.75) is 168 Å². The van der Waals surface area contributed by atoms with E-state index in [-0.39, 0.29) is 0 Å². The summed E-state index contributed by atoms with van der Waals surface area (Å²) in [5.74, 6) is 0. The van der Waals surface area contributed by atoms with E-state index >= 15 is 0 Å². The van der Waals surface area contributed by atoms with Crippen LogP contribution in [0.25, 0.3) is 0 Å². The maximum absolute atomic E-state index is 9.93. The smallest absolute Gasteiger partial charge is 0.154 e. The van der Waals surface area contributed by atoms with Gasteiger partial charge in [0.2, 0.25) is 0 Å². The van der Waals surface area contributed by atoms with Gasteiger partial charge in [0.1, 0.15) is 0 Å². The van der Waals surface area contributed by atoms with Gasteiger partial charge in [-0.15, -0.1) is 0 Å². The van der Waals surface area contributed by atoms with Gasteiger partial charge < -0.3 is 9.84 Å². The first-order valence-corrected chi connectivity index (χ1v) is 13.6. The molecule has 2 heteroatoms. The Morgan fingerprint density at radius 2 is 0.759 bits per heavy atom. The summed E-state index contributed by atoms with van der Waals surface area (Å²) < 4.78 is 5.57. The molecular formula is C27H56O2. The lowest BCUT2D eigenvalue weighted by atomic mass is 10.1. The van der Waals surface area contributed by atoms with Gasteiger partial charge in [0, 0.05) is 6.61 Å². The second-order valence-electron chi connectivity index (χ2n) is 9.19. The quantitative estimate of drug-likeness (QED) is 0.119. The zero-order valence-corrected chi connectivity index (χ0v) is 20.4. The predicted molar refractivity (Wildman–Crippen MR) is 129 cm³/mol. The third-order valence-electron chi connectivity index (χ3n) is 6.11. The maximum Gasteiger partial charge on any atom is 0.154 e. The van der Waals surface area contributed by atoms with Gasteiger partial charge in [-0.3, -0.25) is 0 Å². The van der Waals surface area contributed by atoms with Crippen LogP contribution in [0.2, 0.25) is 0 Å². The minimum absolute atomic E-state index is 0.531. The molecule has 0 spiro atoms. The van der Waals surface area contributed by atoms with Crippen LogP contribution in [0.3, 0.4) is 0 Å². The number of hydrogen-bond acceptors (Lipinski definition) is 2. The zero-order valence-electron chi connectivity index (χ0n) is 20.4. The van der Waals surface area contributed by atoms with Crippen molar-refractivity contribution in [3.05, 3.63) is 0 Å². The molecule has 0 rings (SSSR count). The van der Waals surface area contributed by atoms with E-state index in [0.29, 0.717) is 0 Å². The Morgan fingerprint density at radius 1 is 0.448 bits per heavy atom. The fraction of sp³-hybridized carbons (Fsp3) is 1.00. The van der Waals surface area contributed by atoms with E-state index in [1.807, 2.05) is 0 Å². The van der Waals surface area contributed by atoms with E-state index in [1.165, 1.54) is 128 Å². The first kappa shape index (κ1) is 28.9. The van der Waals surface area contributed by atoms with Crippen LogP contribution in [0.15, 0.2) is 0 Å². The lowest BCUT2D eigenvalue weighted by Gasteiger charge is -2.12. The molecule has 1 atom stereocenters. The molecule has 0 aliphatic rings. The van der Waals surface area contributed by atoms with Gasteiger partial charge >= 0.3 is 0 Å². The van der Waals surface area contributed by atoms with E-state index in [1.54, 1.807) is 0 Å². The van der Waals surface area contributed by atoms with E-state index in [4.69, 9.17) is 4.74 Å². The highest BCUT2D eigenvalue weighted by Crippen LogP contribution is 2.14. The van der Waals surface area contributed by atoms with Crippen LogP contribution in [-0.4, -0.2) is 18.0 Å². The Hall–Kier alpha value is -0.0800. The summed E-state index contributed by atoms with van der Waals surface area (Å²) in [6.07, 6.45) is 30.0. The molecule has 0 aromatic rings. The average Bonchev–Trinajstić information content (AvgIpc) is 2.72. The molecule has 0 aromatic heterocycles. The standard InChI is InChI=1S/C27H56O2/c1-3-5-7-9-11-13-15-16-18-20-22-24-26-29-27(28)25-23-21-19-17-14-12-10-8-6-4-2/h27-28H,3-26H2,1-2H3. The molecule has 0 aliphatic carbocycles. The van der Waals surface area contributed by atoms with Crippen molar-refractivity contribution in [2.24, 2.45) is 0 Å². The number of aliphatic hydroxyl groups excluding tert-OH is 1. The lowest BCUT2D eigenvalue weighted by molar-refractivity contribution is -0.105. The predicted octanol–water partition coefficient (Wildman–Crippen LogP) is 9.33. The Kier molecular flexibility index (Phi) is 25.9. The van der Waals surface area contributed by atoms with Crippen LogP contribution in [0, 0.1) is 0 Å². The van der Waals surface area contributed by atoms with Gasteiger partial charge in [-0.05, 0) is 19.3 Å². The van der Waals surface area contributed by atoms with Crippen LogP contribution in [0.5, 0.6) is 0 Å². The largest absolute Gasteiger partial charge is 0.368 e. The number of ether oxygens (including phenoxy) is 1. The van der Waals surface area contributed by atoms with Crippen LogP contribution in [0.4, 0.5) is 0 Å². The fourth-order valence-electron chi connectivity index (χ4n) is 4.05. The Labute approximate surface area is 184 Å². The van der Waals surface area contributed by atoms with Crippen molar-refractivity contribution in [1.29, 1.82) is 0 Å². The molecule has 0 heterocycles. The number of aliphatic hydroxyl groups is 1. The molecule has 29 heavy (non-hydrogen) atoms. The molecule has 176 valence electrons. The first-order valence-electron chi connectivity index (χ1n) is 13.6. The highest BCUT2D eigenvalue weighted by atomic mass is 16.6. The molecule has 1 unspecified atom stereocenters. The number of hydrogen-bond donors (Lipinski definition) is 1. The molecule has 0 fully saturated rings. The minimum atomic E-state index is -0.531. The average molecular weight is 413 g/mol. The van der Waals surface area contributed by atoms with Crippen LogP contribution >= 0.6 is 0 Å². The normalized spacial score (nSPS) is 12.5. The van der Waals surface area contributed by atoms with Crippen LogP contribution in [-0.2, 0) is 4.74 Å². The SMILES string of the molecule is CCCCCCCCCCCCCCOC(O)CCCCCCCCCCCC. The lowest BCUT2D eigenvalue weighted by Crippen LogP contribution is -2.12. The van der Waals surface area contributed by atoms with Crippen LogP contribution in [0.1, 0.15) is 162 Å². The molecule has 0 aliphatic heterocycles. The van der Waals surface area contributed by atoms with Gasteiger partial charge in [0.25, 0.3) is 0 Å². The first-order chi connectivity index (χ1) is 14.3. The molecular weight excluding hydrogens is 356 g/mol. The molecule has 0 aromatic carbocycles. The molecule has 0 saturated heterocycles. The topological polar surface area (TPSA) is 29.5 Å². The van der Waals surface area contributed by atoms with Gasteiger partial charge in [-0.2, -0.15) is 0 Å². The third kappa shape index (κ3) is 25.9. The van der Waals surface area contributed by atoms with Crippen molar-refractivity contribution >= 4 is 0 Å². The number of unbranched alkanes of at least 4 members (excludes halogenated alkanes) is 20. The summed E-state index contributed by atoms with van der Waals surface area (Å²) in [6, 6.07) is 0. The second kappa shape index (κ2) is 26.0. The van der Waals surface area contributed by atoms with Crippen molar-refractivity contribution < 1.29 is 9.84 Å². The van der Waals surface area contributed by atoms with E-state index in [0.717, 1.165) is 25.9 Å². The molecule has 0 radical (unpaired) electrons. The van der Waals surface area contributed by atoms with Gasteiger partial charge in [-0.1, -0.05) is 142 Å². The van der Waals surface area contributed by atoms with Crippen molar-refractivity contribution in [3.63, 3.8) is 0 Å². The minimum Gasteiger partial charge on any atom is -0.368 e. The van der Waals surface area contributed by atoms with Crippen LogP contribution < -0.4 is 0 Å². The summed E-state index contributed by atoms with van der Waals surface area (Å²) in [5.41, 5.74) is 0. The molecule has 0 amide bonds. The van der Waals surface area contributed by atoms with E-state index in [9.17, 15) is 5.11 Å². The summed E-state index contributed by atoms with van der Waals surface area (Å²) in [4.78, 5) is 0. The summed E-state index contributed by atoms with van der Waals surface area (Å²) in [5, 5.41) is 9.93. The Morgan fingerprint density at radius 3 is 1.14 bits per heavy atom. The highest BCUT2D eigenvalue weighted by molar-refractivity contribution is 4.51. The zero-order chi connectivity index (χ0) is 21.3. The number of rotatable bonds is 25. The van der Waals surface area contributed by atoms with E-state index in [2.05, 4.69) is 13.8 Å². The van der Waals surface area contributed by atoms with E-state index < -0.39 is 6.29 Å². The van der Waals surface area contributed by atoms with Gasteiger partial charge in [0.15, 0.2) is 6.29 Å². The summed E-state index contributed by atoms with van der Waals surface area (Å²) in [7, 11) is 0. The summed E-state index contributed by atoms with van der Waals surface area (Å²) in [6.45, 7) is 5.29. The van der Waals surface area contributed by atoms with Crippen molar-refractivity contribution in [3.8, 4) is 0 Å². The molecule has 0 bridgehead atoms. The Balaban J connectivity index is 3.12. The summed E-state index contributed by atoms with van der Waals surface area (Å²) >= 11 is 0. The van der Waals surface area contributed by atoms with Gasteiger partial charge in [0.05, 0.1) is 0 Å². The Bertz CT molecular complexity index is 280. The second-order valence-corrected chi connectivity index (χ2v) is 9.19. The monoisotopic (exact) mass is 412 g/mol. The molecule has 2 nitrogen and oxygen atoms in total. The van der Waals surface area contributed by atoms with Gasteiger partial charge in [-0.25, -0.2) is 0 Å². The molecule has 1 N–H and O–H groups in total. The maximum atomic E-state index is 9.93. The molecule has 0 saturated carbocycles. The van der Waals surface area contributed by atoms with Crippen molar-refractivity contribution in [1.82, 2.24) is 0 Å². The third-order valence-corrected chi connectivity index (χ3v) is 6.11. The fourth-order valence-corrected chi connectivity index (χ4v) is 4.05.